The van der Waals surface area contributed by atoms with Crippen LogP contribution in [0.15, 0.2) is 46.0 Å². The van der Waals surface area contributed by atoms with Gasteiger partial charge in [-0.3, -0.25) is 4.98 Å². The fourth-order valence-electron chi connectivity index (χ4n) is 1.51. The Balaban J connectivity index is 2.29. The van der Waals surface area contributed by atoms with E-state index in [-0.39, 0.29) is 0 Å². The summed E-state index contributed by atoms with van der Waals surface area (Å²) in [4.78, 5) is 4.23. The average Bonchev–Trinajstić information content (AvgIpc) is 2.82. The molecule has 0 unspecified atom stereocenters. The predicted octanol–water partition coefficient (Wildman–Crippen LogP) is 3.74. The van der Waals surface area contributed by atoms with Gasteiger partial charge in [-0.05, 0) is 6.07 Å². The molecule has 0 saturated heterocycles. The molecular weight excluding hydrogens is 214 g/mol. The van der Waals surface area contributed by atoms with Crippen LogP contribution in [0.1, 0.15) is 0 Å². The zero-order valence-electron chi connectivity index (χ0n) is 7.61. The number of fused-ring (bicyclic) bond motifs is 1. The molecule has 0 amide bonds. The van der Waals surface area contributed by atoms with Crippen molar-refractivity contribution in [3.63, 3.8) is 0 Å². The predicted molar refractivity (Wildman–Crippen MR) is 56.7 cm³/mol. The Morgan fingerprint density at radius 1 is 1.27 bits per heavy atom. The van der Waals surface area contributed by atoms with Crippen LogP contribution in [0.5, 0.6) is 0 Å². The number of nitrogens with zero attached hydrogens (tertiary/aromatic N) is 1. The summed E-state index contributed by atoms with van der Waals surface area (Å²) < 4.78 is 10.4. The van der Waals surface area contributed by atoms with E-state index in [1.807, 2.05) is 6.07 Å². The maximum atomic E-state index is 5.81. The average molecular weight is 220 g/mol. The van der Waals surface area contributed by atoms with Crippen molar-refractivity contribution in [2.45, 2.75) is 0 Å². The Labute approximate surface area is 90.3 Å². The molecule has 0 saturated carbocycles. The Hall–Kier alpha value is -1.74. The topological polar surface area (TPSA) is 39.2 Å². The molecule has 4 heteroatoms. The van der Waals surface area contributed by atoms with Crippen LogP contribution in [0.2, 0.25) is 5.02 Å². The second-order valence-corrected chi connectivity index (χ2v) is 3.60. The van der Waals surface area contributed by atoms with Gasteiger partial charge in [0.25, 0.3) is 0 Å². The van der Waals surface area contributed by atoms with Gasteiger partial charge in [0.05, 0.1) is 17.5 Å². The number of aromatic nitrogens is 1. The van der Waals surface area contributed by atoms with Crippen molar-refractivity contribution in [1.29, 1.82) is 0 Å². The summed E-state index contributed by atoms with van der Waals surface area (Å²) in [6.07, 6.45) is 6.52. The number of halogens is 1. The maximum Gasteiger partial charge on any atom is 0.154 e. The van der Waals surface area contributed by atoms with Crippen molar-refractivity contribution < 1.29 is 8.83 Å². The minimum absolute atomic E-state index is 0.565. The molecule has 0 N–H and O–H groups in total. The zero-order valence-corrected chi connectivity index (χ0v) is 8.36. The first kappa shape index (κ1) is 8.56. The third kappa shape index (κ3) is 1.32. The maximum absolute atomic E-state index is 5.81. The van der Waals surface area contributed by atoms with Crippen LogP contribution in [-0.2, 0) is 0 Å². The van der Waals surface area contributed by atoms with Gasteiger partial charge in [-0.15, -0.1) is 0 Å². The lowest BCUT2D eigenvalue weighted by molar-refractivity contribution is 0.568. The first-order valence-corrected chi connectivity index (χ1v) is 4.78. The lowest BCUT2D eigenvalue weighted by atomic mass is 10.1. The first-order valence-electron chi connectivity index (χ1n) is 4.40. The molecule has 3 heterocycles. The molecule has 0 spiro atoms. The highest BCUT2D eigenvalue weighted by Crippen LogP contribution is 2.30. The Bertz CT molecular complexity index is 598. The molecule has 0 aliphatic heterocycles. The van der Waals surface area contributed by atoms with E-state index >= 15 is 0 Å². The number of furan rings is 2. The Morgan fingerprint density at radius 3 is 3.00 bits per heavy atom. The van der Waals surface area contributed by atoms with Crippen LogP contribution < -0.4 is 0 Å². The Morgan fingerprint density at radius 2 is 2.20 bits per heavy atom. The summed E-state index contributed by atoms with van der Waals surface area (Å²) in [5, 5.41) is 0.565. The minimum Gasteiger partial charge on any atom is -0.472 e. The van der Waals surface area contributed by atoms with Crippen molar-refractivity contribution >= 4 is 22.7 Å². The molecule has 74 valence electrons. The van der Waals surface area contributed by atoms with Gasteiger partial charge >= 0.3 is 0 Å². The van der Waals surface area contributed by atoms with E-state index in [9.17, 15) is 0 Å². The smallest absolute Gasteiger partial charge is 0.154 e. The second kappa shape index (κ2) is 3.14. The highest BCUT2D eigenvalue weighted by molar-refractivity contribution is 6.31. The van der Waals surface area contributed by atoms with Crippen molar-refractivity contribution in [3.8, 4) is 11.1 Å². The standard InChI is InChI=1S/C11H6ClNO2/c12-8-3-10-11(13-4-8)9(6-15-10)7-1-2-14-5-7/h1-6H. The monoisotopic (exact) mass is 219 g/mol. The van der Waals surface area contributed by atoms with Gasteiger partial charge in [0, 0.05) is 23.4 Å². The number of hydrogen-bond donors (Lipinski definition) is 0. The van der Waals surface area contributed by atoms with E-state index in [1.165, 1.54) is 0 Å². The molecule has 3 aromatic heterocycles. The normalized spacial score (nSPS) is 11.0. The van der Waals surface area contributed by atoms with Crippen LogP contribution in [0.3, 0.4) is 0 Å². The first-order chi connectivity index (χ1) is 7.34. The second-order valence-electron chi connectivity index (χ2n) is 3.16. The van der Waals surface area contributed by atoms with Crippen LogP contribution in [0, 0.1) is 0 Å². The number of hydrogen-bond acceptors (Lipinski definition) is 3. The van der Waals surface area contributed by atoms with Crippen LogP contribution in [-0.4, -0.2) is 4.98 Å². The van der Waals surface area contributed by atoms with E-state index in [1.54, 1.807) is 31.1 Å². The van der Waals surface area contributed by atoms with E-state index in [2.05, 4.69) is 4.98 Å². The lowest BCUT2D eigenvalue weighted by Crippen LogP contribution is -1.76. The third-order valence-electron chi connectivity index (χ3n) is 2.21. The molecular formula is C11H6ClNO2. The molecule has 15 heavy (non-hydrogen) atoms. The SMILES string of the molecule is Clc1cnc2c(-c3ccoc3)coc2c1. The van der Waals surface area contributed by atoms with Crippen molar-refractivity contribution in [2.75, 3.05) is 0 Å². The van der Waals surface area contributed by atoms with Gasteiger partial charge < -0.3 is 8.83 Å². The zero-order chi connectivity index (χ0) is 10.3. The van der Waals surface area contributed by atoms with E-state index in [4.69, 9.17) is 20.4 Å². The van der Waals surface area contributed by atoms with Gasteiger partial charge in [0.2, 0.25) is 0 Å². The summed E-state index contributed by atoms with van der Waals surface area (Å²) >= 11 is 5.81. The summed E-state index contributed by atoms with van der Waals surface area (Å²) in [5.41, 5.74) is 3.33. The fraction of sp³-hybridized carbons (Fsp3) is 0. The molecule has 0 aromatic carbocycles. The lowest BCUT2D eigenvalue weighted by Gasteiger charge is -1.91. The van der Waals surface area contributed by atoms with Crippen molar-refractivity contribution in [3.05, 3.63) is 42.1 Å². The molecule has 0 bridgehead atoms. The summed E-state index contributed by atoms with van der Waals surface area (Å²) in [5.74, 6) is 0. The highest BCUT2D eigenvalue weighted by Gasteiger charge is 2.10. The molecule has 0 atom stereocenters. The molecule has 0 aliphatic carbocycles. The fourth-order valence-corrected chi connectivity index (χ4v) is 1.66. The molecule has 0 aliphatic rings. The van der Waals surface area contributed by atoms with Gasteiger partial charge in [0.1, 0.15) is 11.8 Å². The highest BCUT2D eigenvalue weighted by atomic mass is 35.5. The van der Waals surface area contributed by atoms with Gasteiger partial charge in [0.15, 0.2) is 5.58 Å². The summed E-state index contributed by atoms with van der Waals surface area (Å²) in [6, 6.07) is 3.61. The molecule has 0 radical (unpaired) electrons. The molecule has 3 rings (SSSR count). The van der Waals surface area contributed by atoms with Crippen molar-refractivity contribution in [2.24, 2.45) is 0 Å². The molecule has 3 nitrogen and oxygen atoms in total. The van der Waals surface area contributed by atoms with E-state index in [0.717, 1.165) is 16.6 Å². The van der Waals surface area contributed by atoms with Gasteiger partial charge in [-0.1, -0.05) is 11.6 Å². The molecule has 3 aromatic rings. The number of pyridine rings is 1. The summed E-state index contributed by atoms with van der Waals surface area (Å²) in [7, 11) is 0. The van der Waals surface area contributed by atoms with Gasteiger partial charge in [-0.25, -0.2) is 0 Å². The number of rotatable bonds is 1. The molecule has 0 fully saturated rings. The van der Waals surface area contributed by atoms with Crippen LogP contribution >= 0.6 is 11.6 Å². The Kier molecular flexibility index (Phi) is 1.79. The van der Waals surface area contributed by atoms with Crippen molar-refractivity contribution in [1.82, 2.24) is 4.98 Å². The quantitative estimate of drug-likeness (QED) is 0.626. The minimum atomic E-state index is 0.565. The van der Waals surface area contributed by atoms with Crippen LogP contribution in [0.4, 0.5) is 0 Å². The largest absolute Gasteiger partial charge is 0.472 e. The summed E-state index contributed by atoms with van der Waals surface area (Å²) in [6.45, 7) is 0. The third-order valence-corrected chi connectivity index (χ3v) is 2.42. The van der Waals surface area contributed by atoms with Gasteiger partial charge in [-0.2, -0.15) is 0 Å². The van der Waals surface area contributed by atoms with Crippen LogP contribution in [0.25, 0.3) is 22.2 Å². The van der Waals surface area contributed by atoms with E-state index < -0.39 is 0 Å². The van der Waals surface area contributed by atoms with E-state index in [0.29, 0.717) is 10.6 Å².